The van der Waals surface area contributed by atoms with Crippen LogP contribution in [-0.2, 0) is 13.9 Å². The standard InChI is InChI=1S/C28H32F3N3O4Si/c1-28(2,3)39(4,5)38-16-17-14-36-27(37-15-17)18-11-12-32-13-23(18)34-26(35)22-10-9-21(31)25(33-22)24-19(29)7-6-8-20(24)30/h6-13,17,27H,14-16H2,1-5H3,(H,34,35). The first-order valence-corrected chi connectivity index (χ1v) is 15.5. The van der Waals surface area contributed by atoms with Gasteiger partial charge in [0.1, 0.15) is 28.8 Å². The van der Waals surface area contributed by atoms with Crippen LogP contribution in [0, 0.1) is 23.4 Å². The van der Waals surface area contributed by atoms with Crippen LogP contribution in [0.25, 0.3) is 11.3 Å². The third kappa shape index (κ3) is 6.55. The predicted molar refractivity (Wildman–Crippen MR) is 143 cm³/mol. The highest BCUT2D eigenvalue weighted by atomic mass is 28.4. The maximum atomic E-state index is 14.4. The minimum absolute atomic E-state index is 0.0656. The number of amides is 1. The van der Waals surface area contributed by atoms with E-state index in [1.165, 1.54) is 6.20 Å². The highest BCUT2D eigenvalue weighted by Crippen LogP contribution is 2.37. The second kappa shape index (κ2) is 11.5. The molecule has 0 aliphatic carbocycles. The third-order valence-electron chi connectivity index (χ3n) is 7.09. The summed E-state index contributed by atoms with van der Waals surface area (Å²) in [5.41, 5.74) is -0.660. The summed E-state index contributed by atoms with van der Waals surface area (Å²) in [7, 11) is -1.90. The van der Waals surface area contributed by atoms with Crippen molar-refractivity contribution in [2.75, 3.05) is 25.1 Å². The van der Waals surface area contributed by atoms with Crippen molar-refractivity contribution in [3.8, 4) is 11.3 Å². The number of carbonyl (C=O) groups excluding carboxylic acids is 1. The molecule has 11 heteroatoms. The summed E-state index contributed by atoms with van der Waals surface area (Å²) >= 11 is 0. The molecule has 3 heterocycles. The molecule has 2 aromatic heterocycles. The number of carbonyl (C=O) groups is 1. The molecule has 0 radical (unpaired) electrons. The van der Waals surface area contributed by atoms with Gasteiger partial charge < -0.3 is 19.2 Å². The molecule has 1 fully saturated rings. The second-order valence-electron chi connectivity index (χ2n) is 11.0. The summed E-state index contributed by atoms with van der Waals surface area (Å²) in [6.07, 6.45) is 2.21. The quantitative estimate of drug-likeness (QED) is 0.333. The molecule has 0 spiro atoms. The summed E-state index contributed by atoms with van der Waals surface area (Å²) < 4.78 is 61.2. The van der Waals surface area contributed by atoms with Gasteiger partial charge in [0.2, 0.25) is 0 Å². The first kappa shape index (κ1) is 28.9. The Morgan fingerprint density at radius 1 is 1.05 bits per heavy atom. The van der Waals surface area contributed by atoms with E-state index in [9.17, 15) is 18.0 Å². The fourth-order valence-electron chi connectivity index (χ4n) is 3.73. The van der Waals surface area contributed by atoms with Crippen molar-refractivity contribution in [3.63, 3.8) is 0 Å². The highest BCUT2D eigenvalue weighted by molar-refractivity contribution is 6.74. The third-order valence-corrected chi connectivity index (χ3v) is 11.6. The highest BCUT2D eigenvalue weighted by Gasteiger charge is 2.38. The van der Waals surface area contributed by atoms with Gasteiger partial charge in [0.25, 0.3) is 5.91 Å². The summed E-state index contributed by atoms with van der Waals surface area (Å²) in [6.45, 7) is 12.3. The summed E-state index contributed by atoms with van der Waals surface area (Å²) in [5, 5.41) is 2.77. The Labute approximate surface area is 226 Å². The second-order valence-corrected chi connectivity index (χ2v) is 15.8. The monoisotopic (exact) mass is 559 g/mol. The van der Waals surface area contributed by atoms with Crippen LogP contribution in [-0.4, -0.2) is 44.0 Å². The molecule has 3 aromatic rings. The smallest absolute Gasteiger partial charge is 0.274 e. The number of benzene rings is 1. The van der Waals surface area contributed by atoms with Gasteiger partial charge in [-0.05, 0) is 48.5 Å². The molecule has 0 unspecified atom stereocenters. The topological polar surface area (TPSA) is 82.6 Å². The predicted octanol–water partition coefficient (Wildman–Crippen LogP) is 6.50. The lowest BCUT2D eigenvalue weighted by Gasteiger charge is -2.38. The minimum atomic E-state index is -1.90. The van der Waals surface area contributed by atoms with E-state index in [4.69, 9.17) is 13.9 Å². The minimum Gasteiger partial charge on any atom is -0.416 e. The molecule has 0 saturated carbocycles. The fraction of sp³-hybridized carbons (Fsp3) is 0.393. The van der Waals surface area contributed by atoms with Crippen molar-refractivity contribution < 1.29 is 31.9 Å². The molecule has 7 nitrogen and oxygen atoms in total. The summed E-state index contributed by atoms with van der Waals surface area (Å²) in [6, 6.07) is 6.86. The Hall–Kier alpha value is -3.12. The SMILES string of the molecule is CC(C)(C)[Si](C)(C)OCC1COC(c2ccncc2NC(=O)c2ccc(F)c(-c3c(F)cccc3F)n2)OC1. The molecule has 1 N–H and O–H groups in total. The van der Waals surface area contributed by atoms with Crippen LogP contribution in [0.4, 0.5) is 18.9 Å². The number of ether oxygens (including phenoxy) is 2. The van der Waals surface area contributed by atoms with E-state index >= 15 is 0 Å². The first-order chi connectivity index (χ1) is 18.4. The molecule has 208 valence electrons. The van der Waals surface area contributed by atoms with E-state index in [0.717, 1.165) is 30.3 Å². The number of pyridine rings is 2. The first-order valence-electron chi connectivity index (χ1n) is 12.6. The van der Waals surface area contributed by atoms with E-state index in [-0.39, 0.29) is 16.7 Å². The average molecular weight is 560 g/mol. The zero-order valence-corrected chi connectivity index (χ0v) is 23.6. The van der Waals surface area contributed by atoms with Gasteiger partial charge in [-0.1, -0.05) is 26.8 Å². The van der Waals surface area contributed by atoms with Crippen molar-refractivity contribution in [3.05, 3.63) is 77.5 Å². The molecule has 4 rings (SSSR count). The van der Waals surface area contributed by atoms with Gasteiger partial charge in [-0.2, -0.15) is 0 Å². The lowest BCUT2D eigenvalue weighted by atomic mass is 10.1. The number of halogens is 3. The van der Waals surface area contributed by atoms with E-state index in [1.807, 2.05) is 0 Å². The Kier molecular flexibility index (Phi) is 8.55. The number of hydrogen-bond acceptors (Lipinski definition) is 6. The number of nitrogens with one attached hydrogen (secondary N) is 1. The van der Waals surface area contributed by atoms with Crippen molar-refractivity contribution in [2.24, 2.45) is 5.92 Å². The molecule has 1 amide bonds. The lowest BCUT2D eigenvalue weighted by molar-refractivity contribution is -0.208. The number of nitrogens with zero attached hydrogens (tertiary/aromatic N) is 2. The zero-order valence-electron chi connectivity index (χ0n) is 22.6. The van der Waals surface area contributed by atoms with Gasteiger partial charge in [0.05, 0.1) is 30.7 Å². The Morgan fingerprint density at radius 2 is 1.72 bits per heavy atom. The van der Waals surface area contributed by atoms with Crippen LogP contribution in [0.2, 0.25) is 18.1 Å². The molecule has 1 saturated heterocycles. The van der Waals surface area contributed by atoms with Crippen molar-refractivity contribution in [2.45, 2.75) is 45.2 Å². The van der Waals surface area contributed by atoms with Gasteiger partial charge in [0, 0.05) is 24.3 Å². The summed E-state index contributed by atoms with van der Waals surface area (Å²) in [5.74, 6) is -3.61. The molecular formula is C28H32F3N3O4Si. The maximum Gasteiger partial charge on any atom is 0.274 e. The van der Waals surface area contributed by atoms with Crippen molar-refractivity contribution in [1.82, 2.24) is 9.97 Å². The van der Waals surface area contributed by atoms with Gasteiger partial charge >= 0.3 is 0 Å². The van der Waals surface area contributed by atoms with Gasteiger partial charge in [-0.15, -0.1) is 0 Å². The van der Waals surface area contributed by atoms with E-state index in [2.05, 4.69) is 49.1 Å². The van der Waals surface area contributed by atoms with Crippen LogP contribution >= 0.6 is 0 Å². The largest absolute Gasteiger partial charge is 0.416 e. The number of aromatic nitrogens is 2. The molecule has 1 aromatic carbocycles. The van der Waals surface area contributed by atoms with Crippen molar-refractivity contribution >= 4 is 19.9 Å². The number of anilines is 1. The average Bonchev–Trinajstić information content (AvgIpc) is 2.88. The zero-order chi connectivity index (χ0) is 28.4. The lowest BCUT2D eigenvalue weighted by Crippen LogP contribution is -2.43. The van der Waals surface area contributed by atoms with Crippen LogP contribution < -0.4 is 5.32 Å². The Morgan fingerprint density at radius 3 is 2.36 bits per heavy atom. The molecule has 0 bridgehead atoms. The molecular weight excluding hydrogens is 527 g/mol. The number of hydrogen-bond donors (Lipinski definition) is 1. The molecule has 39 heavy (non-hydrogen) atoms. The van der Waals surface area contributed by atoms with E-state index in [1.54, 1.807) is 12.3 Å². The number of rotatable bonds is 7. The molecule has 1 aliphatic rings. The van der Waals surface area contributed by atoms with Crippen molar-refractivity contribution in [1.29, 1.82) is 0 Å². The summed E-state index contributed by atoms with van der Waals surface area (Å²) in [4.78, 5) is 21.0. The van der Waals surface area contributed by atoms with Gasteiger partial charge in [-0.25, -0.2) is 18.2 Å². The molecule has 0 atom stereocenters. The fourth-order valence-corrected chi connectivity index (χ4v) is 4.82. The maximum absolute atomic E-state index is 14.4. The van der Waals surface area contributed by atoms with Crippen LogP contribution in [0.15, 0.2) is 48.8 Å². The Bertz CT molecular complexity index is 1320. The van der Waals surface area contributed by atoms with Gasteiger partial charge in [-0.3, -0.25) is 9.78 Å². The van der Waals surface area contributed by atoms with Crippen LogP contribution in [0.3, 0.4) is 0 Å². The van der Waals surface area contributed by atoms with E-state index < -0.39 is 49.2 Å². The van der Waals surface area contributed by atoms with E-state index in [0.29, 0.717) is 31.1 Å². The normalized spacial score (nSPS) is 18.2. The van der Waals surface area contributed by atoms with Crippen LogP contribution in [0.5, 0.6) is 0 Å². The van der Waals surface area contributed by atoms with Crippen LogP contribution in [0.1, 0.15) is 43.1 Å². The molecule has 1 aliphatic heterocycles. The Balaban J connectivity index is 1.45. The van der Waals surface area contributed by atoms with Gasteiger partial charge in [0.15, 0.2) is 14.6 Å².